The van der Waals surface area contributed by atoms with Crippen molar-refractivity contribution in [2.24, 2.45) is 9.98 Å². The summed E-state index contributed by atoms with van der Waals surface area (Å²) in [6.07, 6.45) is 27.4. The first-order chi connectivity index (χ1) is 27.5. The zero-order valence-electron chi connectivity index (χ0n) is 32.1. The van der Waals surface area contributed by atoms with Gasteiger partial charge in [-0.1, -0.05) is 42.0 Å². The normalized spacial score (nSPS) is 23.9. The molecule has 6 aliphatic heterocycles. The molecule has 9 rings (SSSR count). The summed E-state index contributed by atoms with van der Waals surface area (Å²) >= 11 is 15.9. The molecule has 2 unspecified atom stereocenters. The maximum absolute atomic E-state index is 11.9. The summed E-state index contributed by atoms with van der Waals surface area (Å²) in [5, 5.41) is 4.69. The number of aliphatic imine (C=N–C) groups is 2. The van der Waals surface area contributed by atoms with Crippen LogP contribution >= 0.6 is 23.2 Å². The molecule has 57 heavy (non-hydrogen) atoms. The molecule has 3 aromatic rings. The lowest BCUT2D eigenvalue weighted by Gasteiger charge is -2.37. The van der Waals surface area contributed by atoms with Gasteiger partial charge in [-0.15, -0.1) is 11.6 Å². The van der Waals surface area contributed by atoms with Crippen LogP contribution < -0.4 is 16.0 Å². The maximum atomic E-state index is 11.9. The third-order valence-corrected chi connectivity index (χ3v) is 12.3. The summed E-state index contributed by atoms with van der Waals surface area (Å²) in [6.45, 7) is 3.75. The van der Waals surface area contributed by atoms with E-state index in [1.54, 1.807) is 0 Å². The standard InChI is InChI=1S/C46H42Cl2N8O/c1-29(57)49-34-7-5-33(6-8-34)46(48)41-14-13-39(52-41)43(31-18-25-55(3)26-19-31)37-10-9-35(50-37)42(30-16-23-54(2)24-17-30)36-11-12-38(51-36)44(32-20-27-56(4)28-21-32)40-15-22-45(46,47)53-40/h5-23,25,27,51-52H,24,26,28H2,1-4H3,(H,49,57). The number of halogens is 2. The van der Waals surface area contributed by atoms with Gasteiger partial charge in [0.1, 0.15) is 0 Å². The van der Waals surface area contributed by atoms with Crippen LogP contribution in [0.1, 0.15) is 23.9 Å². The number of fused-ring (bicyclic) bond motifs is 6. The Bertz CT molecular complexity index is 2690. The van der Waals surface area contributed by atoms with E-state index >= 15 is 0 Å². The number of anilines is 1. The first-order valence-corrected chi connectivity index (χ1v) is 19.7. The highest BCUT2D eigenvalue weighted by atomic mass is 35.5. The highest BCUT2D eigenvalue weighted by Crippen LogP contribution is 2.53. The molecule has 8 bridgehead atoms. The first-order valence-electron chi connectivity index (χ1n) is 19.0. The Balaban J connectivity index is 1.36. The lowest BCUT2D eigenvalue weighted by Crippen LogP contribution is -2.41. The van der Waals surface area contributed by atoms with Crippen LogP contribution in [-0.2, 0) is 9.67 Å². The predicted octanol–water partition coefficient (Wildman–Crippen LogP) is 6.62. The quantitative estimate of drug-likeness (QED) is 0.200. The van der Waals surface area contributed by atoms with E-state index in [4.69, 9.17) is 33.2 Å². The van der Waals surface area contributed by atoms with Gasteiger partial charge in [0.25, 0.3) is 0 Å². The number of aromatic amines is 2. The van der Waals surface area contributed by atoms with Crippen molar-refractivity contribution in [3.63, 3.8) is 0 Å². The monoisotopic (exact) mass is 792 g/mol. The lowest BCUT2D eigenvalue weighted by molar-refractivity contribution is -0.114. The fourth-order valence-electron chi connectivity index (χ4n) is 7.99. The van der Waals surface area contributed by atoms with Crippen molar-refractivity contribution in [3.05, 3.63) is 178 Å². The highest BCUT2D eigenvalue weighted by Gasteiger charge is 2.53. The van der Waals surface area contributed by atoms with Crippen LogP contribution in [0.25, 0.3) is 16.7 Å². The average Bonchev–Trinajstić information content (AvgIpc) is 4.04. The van der Waals surface area contributed by atoms with E-state index in [2.05, 4.69) is 123 Å². The number of hydrogen-bond acceptors (Lipinski definition) is 6. The number of amides is 1. The molecule has 0 saturated heterocycles. The first kappa shape index (κ1) is 36.6. The Labute approximate surface area is 341 Å². The molecular weight excluding hydrogens is 751 g/mol. The largest absolute Gasteiger partial charge is 0.377 e. The van der Waals surface area contributed by atoms with Crippen molar-refractivity contribution in [1.29, 1.82) is 0 Å². The summed E-state index contributed by atoms with van der Waals surface area (Å²) in [6, 6.07) is 15.7. The zero-order valence-corrected chi connectivity index (χ0v) is 33.7. The molecule has 1 amide bonds. The molecule has 0 radical (unpaired) electrons. The van der Waals surface area contributed by atoms with Gasteiger partial charge in [0.15, 0.2) is 9.87 Å². The molecule has 9 nitrogen and oxygen atoms in total. The number of benzene rings is 1. The van der Waals surface area contributed by atoms with E-state index in [1.807, 2.05) is 55.6 Å². The molecule has 6 aliphatic rings. The van der Waals surface area contributed by atoms with Gasteiger partial charge in [0, 0.05) is 92.2 Å². The minimum absolute atomic E-state index is 0.162. The molecule has 2 atom stereocenters. The molecule has 0 saturated carbocycles. The second kappa shape index (κ2) is 14.2. The number of aromatic nitrogens is 2. The van der Waals surface area contributed by atoms with Crippen LogP contribution in [0.3, 0.4) is 0 Å². The van der Waals surface area contributed by atoms with Gasteiger partial charge in [-0.05, 0) is 120 Å². The fourth-order valence-corrected chi connectivity index (χ4v) is 8.70. The Morgan fingerprint density at radius 2 is 1.26 bits per heavy atom. The predicted molar refractivity (Wildman–Crippen MR) is 233 cm³/mol. The Morgan fingerprint density at radius 3 is 1.82 bits per heavy atom. The van der Waals surface area contributed by atoms with E-state index in [9.17, 15) is 4.79 Å². The van der Waals surface area contributed by atoms with Crippen molar-refractivity contribution in [2.75, 3.05) is 46.1 Å². The van der Waals surface area contributed by atoms with E-state index in [-0.39, 0.29) is 5.91 Å². The fraction of sp³-hybridized carbons (Fsp3) is 0.196. The SMILES string of the molecule is CC(=O)Nc1ccc(C2(Cl)c3ccc([nH]3)C(C3=CCN(C)C=C3)=C3C=CC(=N3)C(C3=CCN(C)C=C3)=c3ccc([nH]3)=C(C3=CCN(C)C=C3)C3=NC2(Cl)C=C3)cc1. The van der Waals surface area contributed by atoms with Gasteiger partial charge < -0.3 is 30.0 Å². The minimum atomic E-state index is -1.48. The second-order valence-corrected chi connectivity index (χ2v) is 16.2. The molecular formula is C46H42Cl2N8O. The second-order valence-electron chi connectivity index (χ2n) is 15.1. The van der Waals surface area contributed by atoms with Gasteiger partial charge in [0.05, 0.1) is 17.1 Å². The van der Waals surface area contributed by atoms with Crippen LogP contribution in [0.5, 0.6) is 0 Å². The summed E-state index contributed by atoms with van der Waals surface area (Å²) in [7, 11) is 6.17. The topological polar surface area (TPSA) is 95.1 Å². The summed E-state index contributed by atoms with van der Waals surface area (Å²) in [5.41, 5.74) is 11.2. The number of allylic oxidation sites excluding steroid dienone is 10. The van der Waals surface area contributed by atoms with E-state index < -0.39 is 9.87 Å². The Morgan fingerprint density at radius 1 is 0.684 bits per heavy atom. The number of nitrogens with one attached hydrogen (secondary N) is 3. The summed E-state index contributed by atoms with van der Waals surface area (Å²) in [5.74, 6) is -0.162. The van der Waals surface area contributed by atoms with Gasteiger partial charge in [0.2, 0.25) is 5.91 Å². The molecule has 11 heteroatoms. The van der Waals surface area contributed by atoms with E-state index in [0.717, 1.165) is 80.9 Å². The molecule has 1 aromatic carbocycles. The van der Waals surface area contributed by atoms with Crippen LogP contribution in [0.4, 0.5) is 5.69 Å². The molecule has 0 spiro atoms. The third kappa shape index (κ3) is 6.50. The molecule has 0 aliphatic carbocycles. The van der Waals surface area contributed by atoms with Crippen molar-refractivity contribution in [1.82, 2.24) is 24.7 Å². The molecule has 8 heterocycles. The van der Waals surface area contributed by atoms with Crippen LogP contribution in [-0.4, -0.2) is 87.8 Å². The zero-order chi connectivity index (χ0) is 39.5. The summed E-state index contributed by atoms with van der Waals surface area (Å²) < 4.78 is 0. The van der Waals surface area contributed by atoms with Crippen molar-refractivity contribution in [3.8, 4) is 0 Å². The number of H-pyrrole nitrogens is 2. The van der Waals surface area contributed by atoms with Crippen molar-refractivity contribution < 1.29 is 4.79 Å². The molecule has 2 aromatic heterocycles. The van der Waals surface area contributed by atoms with Crippen LogP contribution in [0.15, 0.2) is 160 Å². The lowest BCUT2D eigenvalue weighted by atomic mass is 9.87. The number of rotatable bonds is 5. The van der Waals surface area contributed by atoms with Gasteiger partial charge in [-0.2, -0.15) is 0 Å². The highest BCUT2D eigenvalue weighted by molar-refractivity contribution is 6.41. The number of carbonyl (C=O) groups is 1. The number of hydrogen-bond donors (Lipinski definition) is 3. The minimum Gasteiger partial charge on any atom is -0.377 e. The average molecular weight is 794 g/mol. The van der Waals surface area contributed by atoms with Crippen molar-refractivity contribution in [2.45, 2.75) is 16.8 Å². The molecule has 286 valence electrons. The van der Waals surface area contributed by atoms with Gasteiger partial charge in [-0.3, -0.25) is 9.79 Å². The van der Waals surface area contributed by atoms with E-state index in [1.165, 1.54) is 6.92 Å². The number of likely N-dealkylation sites (N-methyl/N-ethyl adjacent to an activating group) is 3. The van der Waals surface area contributed by atoms with Crippen LogP contribution in [0, 0.1) is 0 Å². The summed E-state index contributed by atoms with van der Waals surface area (Å²) in [4.78, 5) is 33.7. The van der Waals surface area contributed by atoms with E-state index in [0.29, 0.717) is 22.7 Å². The third-order valence-electron chi connectivity index (χ3n) is 11.0. The van der Waals surface area contributed by atoms with Crippen LogP contribution in [0.2, 0.25) is 0 Å². The smallest absolute Gasteiger partial charge is 0.221 e. The molecule has 3 N–H and O–H groups in total. The maximum Gasteiger partial charge on any atom is 0.221 e. The number of alkyl halides is 2. The molecule has 0 fully saturated rings. The number of nitrogens with zero attached hydrogens (tertiary/aromatic N) is 5. The van der Waals surface area contributed by atoms with Crippen molar-refractivity contribution >= 4 is 62.9 Å². The number of carbonyl (C=O) groups excluding carboxylic acids is 1. The van der Waals surface area contributed by atoms with Gasteiger partial charge >= 0.3 is 0 Å². The van der Waals surface area contributed by atoms with Gasteiger partial charge in [-0.25, -0.2) is 4.99 Å². The Hall–Kier alpha value is -6.03. The Kier molecular flexibility index (Phi) is 9.10.